The summed E-state index contributed by atoms with van der Waals surface area (Å²) in [6, 6.07) is 11.8. The van der Waals surface area contributed by atoms with E-state index < -0.39 is 0 Å². The van der Waals surface area contributed by atoms with Crippen LogP contribution >= 0.6 is 15.9 Å². The zero-order valence-corrected chi connectivity index (χ0v) is 16.0. The number of aryl methyl sites for hydroxylation is 1. The first kappa shape index (κ1) is 18.3. The highest BCUT2D eigenvalue weighted by molar-refractivity contribution is 9.10. The molecule has 0 aliphatic heterocycles. The molecule has 0 saturated heterocycles. The molecule has 0 fully saturated rings. The van der Waals surface area contributed by atoms with Gasteiger partial charge in [0.05, 0.1) is 11.6 Å². The Balaban J connectivity index is 2.15. The molecule has 0 spiro atoms. The van der Waals surface area contributed by atoms with Gasteiger partial charge in [0.25, 0.3) is 0 Å². The van der Waals surface area contributed by atoms with E-state index in [0.29, 0.717) is 5.92 Å². The number of anilines is 1. The van der Waals surface area contributed by atoms with Crippen molar-refractivity contribution in [3.8, 4) is 5.75 Å². The van der Waals surface area contributed by atoms with Crippen LogP contribution in [0.25, 0.3) is 6.08 Å². The molecule has 126 valence electrons. The van der Waals surface area contributed by atoms with Gasteiger partial charge in [0, 0.05) is 11.8 Å². The number of hydrogen-bond acceptors (Lipinski definition) is 2. The minimum absolute atomic E-state index is 0.141. The summed E-state index contributed by atoms with van der Waals surface area (Å²) in [6.45, 7) is 6.25. The fraction of sp³-hybridized carbons (Fsp3) is 0.250. The van der Waals surface area contributed by atoms with Crippen molar-refractivity contribution in [1.29, 1.82) is 0 Å². The van der Waals surface area contributed by atoms with Crippen LogP contribution in [-0.4, -0.2) is 13.0 Å². The fourth-order valence-corrected chi connectivity index (χ4v) is 3.02. The lowest BCUT2D eigenvalue weighted by Crippen LogP contribution is -2.11. The lowest BCUT2D eigenvalue weighted by atomic mass is 9.98. The molecule has 1 N–H and O–H groups in total. The van der Waals surface area contributed by atoms with Crippen molar-refractivity contribution in [2.45, 2.75) is 26.7 Å². The Kier molecular flexibility index (Phi) is 6.21. The zero-order valence-electron chi connectivity index (χ0n) is 14.4. The van der Waals surface area contributed by atoms with Gasteiger partial charge in [-0.05, 0) is 63.7 Å². The van der Waals surface area contributed by atoms with Crippen molar-refractivity contribution < 1.29 is 9.53 Å². The number of amides is 1. The van der Waals surface area contributed by atoms with Crippen LogP contribution < -0.4 is 10.1 Å². The molecule has 24 heavy (non-hydrogen) atoms. The monoisotopic (exact) mass is 387 g/mol. The third-order valence-corrected chi connectivity index (χ3v) is 4.40. The Morgan fingerprint density at radius 3 is 2.62 bits per heavy atom. The molecule has 0 aromatic heterocycles. The second-order valence-electron chi connectivity index (χ2n) is 5.91. The van der Waals surface area contributed by atoms with Crippen molar-refractivity contribution in [3.05, 3.63) is 63.6 Å². The molecular formula is C20H22BrNO2. The second-order valence-corrected chi connectivity index (χ2v) is 6.76. The van der Waals surface area contributed by atoms with Gasteiger partial charge in [-0.3, -0.25) is 4.79 Å². The SMILES string of the molecule is COc1ccc(C=CC(=O)Nc2c(C)cccc2C(C)C)cc1Br. The molecule has 2 rings (SSSR count). The molecule has 0 heterocycles. The van der Waals surface area contributed by atoms with Crippen LogP contribution in [0.15, 0.2) is 46.9 Å². The zero-order chi connectivity index (χ0) is 17.7. The van der Waals surface area contributed by atoms with Crippen LogP contribution in [0.5, 0.6) is 5.75 Å². The number of ether oxygens (including phenoxy) is 1. The second kappa shape index (κ2) is 8.15. The predicted octanol–water partition coefficient (Wildman–Crippen LogP) is 5.54. The molecule has 0 aliphatic rings. The van der Waals surface area contributed by atoms with Crippen LogP contribution in [0, 0.1) is 6.92 Å². The quantitative estimate of drug-likeness (QED) is 0.683. The number of para-hydroxylation sites is 1. The van der Waals surface area contributed by atoms with Crippen molar-refractivity contribution in [3.63, 3.8) is 0 Å². The summed E-state index contributed by atoms with van der Waals surface area (Å²) in [4.78, 5) is 12.3. The van der Waals surface area contributed by atoms with Crippen LogP contribution in [0.4, 0.5) is 5.69 Å². The van der Waals surface area contributed by atoms with E-state index >= 15 is 0 Å². The van der Waals surface area contributed by atoms with Gasteiger partial charge in [0.2, 0.25) is 5.91 Å². The molecule has 2 aromatic rings. The number of nitrogens with one attached hydrogen (secondary N) is 1. The first-order valence-corrected chi connectivity index (χ1v) is 8.63. The molecule has 0 bridgehead atoms. The third kappa shape index (κ3) is 4.48. The molecule has 1 amide bonds. The topological polar surface area (TPSA) is 38.3 Å². The van der Waals surface area contributed by atoms with Crippen molar-refractivity contribution in [1.82, 2.24) is 0 Å². The van der Waals surface area contributed by atoms with Gasteiger partial charge in [-0.1, -0.05) is 38.1 Å². The van der Waals surface area contributed by atoms with E-state index in [0.717, 1.165) is 32.6 Å². The molecule has 3 nitrogen and oxygen atoms in total. The summed E-state index contributed by atoms with van der Waals surface area (Å²) >= 11 is 3.44. The highest BCUT2D eigenvalue weighted by atomic mass is 79.9. The Bertz CT molecular complexity index is 766. The normalized spacial score (nSPS) is 11.1. The largest absolute Gasteiger partial charge is 0.496 e. The number of carbonyl (C=O) groups excluding carboxylic acids is 1. The highest BCUT2D eigenvalue weighted by Crippen LogP contribution is 2.28. The highest BCUT2D eigenvalue weighted by Gasteiger charge is 2.10. The number of halogens is 1. The smallest absolute Gasteiger partial charge is 0.248 e. The van der Waals surface area contributed by atoms with Gasteiger partial charge in [0.1, 0.15) is 5.75 Å². The van der Waals surface area contributed by atoms with E-state index in [1.165, 1.54) is 0 Å². The van der Waals surface area contributed by atoms with Crippen LogP contribution in [-0.2, 0) is 4.79 Å². The maximum absolute atomic E-state index is 12.3. The fourth-order valence-electron chi connectivity index (χ4n) is 2.47. The summed E-state index contributed by atoms with van der Waals surface area (Å²) in [5.41, 5.74) is 4.03. The minimum Gasteiger partial charge on any atom is -0.496 e. The van der Waals surface area contributed by atoms with Gasteiger partial charge >= 0.3 is 0 Å². The summed E-state index contributed by atoms with van der Waals surface area (Å²) in [5.74, 6) is 0.970. The molecule has 0 aliphatic carbocycles. The van der Waals surface area contributed by atoms with Gasteiger partial charge in [0.15, 0.2) is 0 Å². The summed E-state index contributed by atoms with van der Waals surface area (Å²) < 4.78 is 6.06. The van der Waals surface area contributed by atoms with Crippen molar-refractivity contribution in [2.24, 2.45) is 0 Å². The molecule has 4 heteroatoms. The van der Waals surface area contributed by atoms with Crippen molar-refractivity contribution >= 4 is 33.6 Å². The molecule has 0 saturated carbocycles. The van der Waals surface area contributed by atoms with Crippen molar-refractivity contribution in [2.75, 3.05) is 12.4 Å². The average molecular weight is 388 g/mol. The van der Waals surface area contributed by atoms with Gasteiger partial charge < -0.3 is 10.1 Å². The standard InChI is InChI=1S/C20H22BrNO2/c1-13(2)16-7-5-6-14(3)20(16)22-19(23)11-9-15-8-10-18(24-4)17(21)12-15/h5-13H,1-4H3,(H,22,23). The van der Waals surface area contributed by atoms with Gasteiger partial charge in [-0.15, -0.1) is 0 Å². The Morgan fingerprint density at radius 1 is 1.25 bits per heavy atom. The number of benzene rings is 2. The Hall–Kier alpha value is -2.07. The maximum atomic E-state index is 12.3. The molecule has 0 radical (unpaired) electrons. The third-order valence-electron chi connectivity index (χ3n) is 3.78. The van der Waals surface area contributed by atoms with Crippen LogP contribution in [0.1, 0.15) is 36.5 Å². The van der Waals surface area contributed by atoms with Crippen LogP contribution in [0.3, 0.4) is 0 Å². The van der Waals surface area contributed by atoms with Gasteiger partial charge in [-0.25, -0.2) is 0 Å². The summed E-state index contributed by atoms with van der Waals surface area (Å²) in [7, 11) is 1.62. The Morgan fingerprint density at radius 2 is 2.00 bits per heavy atom. The van der Waals surface area contributed by atoms with E-state index in [2.05, 4.69) is 41.2 Å². The lowest BCUT2D eigenvalue weighted by molar-refractivity contribution is -0.111. The van der Waals surface area contributed by atoms with Crippen LogP contribution in [0.2, 0.25) is 0 Å². The first-order valence-electron chi connectivity index (χ1n) is 7.84. The molecule has 2 aromatic carbocycles. The minimum atomic E-state index is -0.141. The van der Waals surface area contributed by atoms with E-state index in [1.807, 2.05) is 37.3 Å². The number of rotatable bonds is 5. The number of carbonyl (C=O) groups is 1. The molecular weight excluding hydrogens is 366 g/mol. The predicted molar refractivity (Wildman–Crippen MR) is 104 cm³/mol. The molecule has 0 unspecified atom stereocenters. The first-order chi connectivity index (χ1) is 11.4. The summed E-state index contributed by atoms with van der Waals surface area (Å²) in [6.07, 6.45) is 3.33. The number of methoxy groups -OCH3 is 1. The van der Waals surface area contributed by atoms with Gasteiger partial charge in [-0.2, -0.15) is 0 Å². The lowest BCUT2D eigenvalue weighted by Gasteiger charge is -2.15. The van der Waals surface area contributed by atoms with E-state index in [1.54, 1.807) is 19.3 Å². The van der Waals surface area contributed by atoms with E-state index in [-0.39, 0.29) is 5.91 Å². The maximum Gasteiger partial charge on any atom is 0.248 e. The van der Waals surface area contributed by atoms with E-state index in [4.69, 9.17) is 4.74 Å². The Labute approximate surface area is 151 Å². The average Bonchev–Trinajstić information content (AvgIpc) is 2.54. The van der Waals surface area contributed by atoms with E-state index in [9.17, 15) is 4.79 Å². The number of hydrogen-bond donors (Lipinski definition) is 1. The molecule has 0 atom stereocenters. The summed E-state index contributed by atoms with van der Waals surface area (Å²) in [5, 5.41) is 3.01.